The normalized spacial score (nSPS) is 10.4. The average Bonchev–Trinajstić information content (AvgIpc) is 2.55. The summed E-state index contributed by atoms with van der Waals surface area (Å²) in [5.74, 6) is 0.257. The lowest BCUT2D eigenvalue weighted by atomic mass is 10.0. The molecule has 3 rings (SSSR count). The molecule has 0 saturated heterocycles. The molecule has 2 heterocycles. The van der Waals surface area contributed by atoms with Gasteiger partial charge < -0.3 is 10.8 Å². The van der Waals surface area contributed by atoms with E-state index in [-0.39, 0.29) is 11.6 Å². The fourth-order valence-electron chi connectivity index (χ4n) is 2.36. The smallest absolute Gasteiger partial charge is 0.275 e. The number of phenolic OH excluding ortho intramolecular Hbond substituents is 1. The largest absolute Gasteiger partial charge is 0.508 e. The number of phenols is 1. The highest BCUT2D eigenvalue weighted by molar-refractivity contribution is 6.04. The van der Waals surface area contributed by atoms with Crippen molar-refractivity contribution in [3.8, 4) is 28.3 Å². The summed E-state index contributed by atoms with van der Waals surface area (Å²) in [4.78, 5) is 8.74. The van der Waals surface area contributed by atoms with Gasteiger partial charge in [0.05, 0.1) is 17.1 Å². The zero-order valence-corrected chi connectivity index (χ0v) is 12.3. The highest BCUT2D eigenvalue weighted by Gasteiger charge is 2.19. The summed E-state index contributed by atoms with van der Waals surface area (Å²) in [6.07, 6.45) is 3.39. The van der Waals surface area contributed by atoms with Crippen molar-refractivity contribution in [2.75, 3.05) is 5.73 Å². The van der Waals surface area contributed by atoms with Crippen LogP contribution in [0.5, 0.6) is 5.75 Å². The predicted molar refractivity (Wildman–Crippen MR) is 89.2 cm³/mol. The molecule has 114 valence electrons. The van der Waals surface area contributed by atoms with Crippen LogP contribution < -0.4 is 16.9 Å². The summed E-state index contributed by atoms with van der Waals surface area (Å²) in [7, 11) is 0. The molecule has 0 spiro atoms. The zero-order chi connectivity index (χ0) is 16.4. The van der Waals surface area contributed by atoms with Gasteiger partial charge in [0.2, 0.25) is 0 Å². The number of amidine groups is 1. The number of rotatable bonds is 3. The maximum absolute atomic E-state index is 9.46. The Morgan fingerprint density at radius 2 is 1.83 bits per heavy atom. The average molecular weight is 306 g/mol. The van der Waals surface area contributed by atoms with Gasteiger partial charge in [-0.25, -0.2) is 4.98 Å². The van der Waals surface area contributed by atoms with Crippen molar-refractivity contribution in [2.24, 2.45) is 5.73 Å². The molecule has 0 aliphatic rings. The fourth-order valence-corrected chi connectivity index (χ4v) is 2.36. The minimum atomic E-state index is 0.0933. The number of hydrogen-bond donors (Lipinski definition) is 4. The maximum Gasteiger partial charge on any atom is 0.275 e. The lowest BCUT2D eigenvalue weighted by molar-refractivity contribution is -0.114. The summed E-state index contributed by atoms with van der Waals surface area (Å²) in [5, 5.41) is 15.2. The predicted octanol–water partition coefficient (Wildman–Crippen LogP) is 0.563. The van der Waals surface area contributed by atoms with Gasteiger partial charge in [0, 0.05) is 23.5 Å². The fraction of sp³-hybridized carbons (Fsp3) is 0. The van der Waals surface area contributed by atoms with Gasteiger partial charge >= 0.3 is 0 Å². The van der Waals surface area contributed by atoms with Crippen molar-refractivity contribution in [1.29, 1.82) is 0 Å². The zero-order valence-electron chi connectivity index (χ0n) is 12.3. The van der Waals surface area contributed by atoms with Crippen LogP contribution in [0.1, 0.15) is 5.56 Å². The molecular formula is C17H16N5O+. The third-order valence-electron chi connectivity index (χ3n) is 3.44. The second-order valence-electron chi connectivity index (χ2n) is 5.06. The van der Waals surface area contributed by atoms with E-state index in [1.54, 1.807) is 42.7 Å². The second kappa shape index (κ2) is 5.76. The van der Waals surface area contributed by atoms with Gasteiger partial charge in [0.15, 0.2) is 0 Å². The standard InChI is InChI=1S/C17H15N5O/c18-13-8-14(11-2-1-7-21-9-11)22-16(15(13)17(19)20)10-3-5-12(23)6-4-10/h1-9,23H,(H2,18,22)(H3,19,20)/p+1. The summed E-state index contributed by atoms with van der Waals surface area (Å²) in [6, 6.07) is 12.0. The molecule has 6 heteroatoms. The van der Waals surface area contributed by atoms with E-state index in [2.05, 4.69) is 9.97 Å². The first kappa shape index (κ1) is 14.5. The molecule has 1 aromatic carbocycles. The van der Waals surface area contributed by atoms with E-state index >= 15 is 0 Å². The summed E-state index contributed by atoms with van der Waals surface area (Å²) >= 11 is 0. The number of hydrogen-bond acceptors (Lipinski definition) is 4. The number of aromatic hydroxyl groups is 1. The molecule has 0 aliphatic heterocycles. The van der Waals surface area contributed by atoms with Crippen LogP contribution in [0.4, 0.5) is 5.69 Å². The molecule has 0 bridgehead atoms. The van der Waals surface area contributed by atoms with E-state index in [0.29, 0.717) is 22.6 Å². The first-order valence-corrected chi connectivity index (χ1v) is 6.95. The van der Waals surface area contributed by atoms with Crippen LogP contribution in [-0.2, 0) is 0 Å². The van der Waals surface area contributed by atoms with Gasteiger partial charge in [-0.15, -0.1) is 0 Å². The number of nitrogens with zero attached hydrogens (tertiary/aromatic N) is 2. The van der Waals surface area contributed by atoms with E-state index in [0.717, 1.165) is 11.1 Å². The van der Waals surface area contributed by atoms with E-state index < -0.39 is 0 Å². The Bertz CT molecular complexity index is 860. The van der Waals surface area contributed by atoms with Crippen LogP contribution in [0, 0.1) is 0 Å². The van der Waals surface area contributed by atoms with Crippen LogP contribution in [0.2, 0.25) is 0 Å². The van der Waals surface area contributed by atoms with Crippen molar-refractivity contribution < 1.29 is 10.5 Å². The van der Waals surface area contributed by atoms with Gasteiger partial charge in [-0.1, -0.05) is 0 Å². The molecule has 0 unspecified atom stereocenters. The quantitative estimate of drug-likeness (QED) is 0.416. The maximum atomic E-state index is 9.46. The van der Waals surface area contributed by atoms with Gasteiger partial charge in [-0.2, -0.15) is 0 Å². The molecule has 7 N–H and O–H groups in total. The third-order valence-corrected chi connectivity index (χ3v) is 3.44. The molecular weight excluding hydrogens is 290 g/mol. The Hall–Kier alpha value is -3.41. The number of benzene rings is 1. The van der Waals surface area contributed by atoms with Crippen LogP contribution in [0.25, 0.3) is 22.5 Å². The Kier molecular flexibility index (Phi) is 3.64. The molecule has 2 aromatic heterocycles. The van der Waals surface area contributed by atoms with Crippen molar-refractivity contribution in [3.05, 3.63) is 60.4 Å². The third kappa shape index (κ3) is 2.82. The van der Waals surface area contributed by atoms with Gasteiger partial charge in [0.1, 0.15) is 11.3 Å². The first-order valence-electron chi connectivity index (χ1n) is 6.95. The lowest BCUT2D eigenvalue weighted by Gasteiger charge is -2.11. The molecule has 0 aliphatic carbocycles. The highest BCUT2D eigenvalue weighted by atomic mass is 16.3. The SMILES string of the molecule is NC(=[NH2+])c1c(N)cc(-c2cccnc2)nc1-c1ccc(O)cc1. The molecule has 0 fully saturated rings. The Balaban J connectivity index is 2.25. The number of nitrogen functional groups attached to an aromatic ring is 1. The molecule has 0 radical (unpaired) electrons. The number of nitrogens with two attached hydrogens (primary N) is 3. The van der Waals surface area contributed by atoms with Crippen LogP contribution in [-0.4, -0.2) is 20.9 Å². The van der Waals surface area contributed by atoms with E-state index in [1.165, 1.54) is 0 Å². The van der Waals surface area contributed by atoms with Gasteiger partial charge in [-0.3, -0.25) is 16.1 Å². The first-order chi connectivity index (χ1) is 11.1. The van der Waals surface area contributed by atoms with Crippen molar-refractivity contribution >= 4 is 11.5 Å². The van der Waals surface area contributed by atoms with Crippen LogP contribution >= 0.6 is 0 Å². The number of anilines is 1. The topological polar surface area (TPSA) is 124 Å². The van der Waals surface area contributed by atoms with E-state index in [1.807, 2.05) is 12.1 Å². The van der Waals surface area contributed by atoms with E-state index in [9.17, 15) is 5.11 Å². The summed E-state index contributed by atoms with van der Waals surface area (Å²) in [5.41, 5.74) is 15.7. The molecule has 0 amide bonds. The van der Waals surface area contributed by atoms with Crippen LogP contribution in [0.15, 0.2) is 54.9 Å². The number of pyridine rings is 2. The van der Waals surface area contributed by atoms with Crippen molar-refractivity contribution in [1.82, 2.24) is 9.97 Å². The van der Waals surface area contributed by atoms with Crippen molar-refractivity contribution in [3.63, 3.8) is 0 Å². The minimum absolute atomic E-state index is 0.0933. The highest BCUT2D eigenvalue weighted by Crippen LogP contribution is 2.30. The Morgan fingerprint density at radius 3 is 2.43 bits per heavy atom. The molecule has 3 aromatic rings. The van der Waals surface area contributed by atoms with E-state index in [4.69, 9.17) is 16.9 Å². The number of aromatic nitrogens is 2. The van der Waals surface area contributed by atoms with Crippen molar-refractivity contribution in [2.45, 2.75) is 0 Å². The summed E-state index contributed by atoms with van der Waals surface area (Å²) < 4.78 is 0. The Labute approximate surface area is 133 Å². The monoisotopic (exact) mass is 306 g/mol. The molecule has 0 saturated carbocycles. The minimum Gasteiger partial charge on any atom is -0.508 e. The molecule has 6 nitrogen and oxygen atoms in total. The molecule has 0 atom stereocenters. The lowest BCUT2D eigenvalue weighted by Crippen LogP contribution is -2.47. The molecule has 23 heavy (non-hydrogen) atoms. The Morgan fingerprint density at radius 1 is 1.09 bits per heavy atom. The van der Waals surface area contributed by atoms with Crippen LogP contribution in [0.3, 0.4) is 0 Å². The van der Waals surface area contributed by atoms with Gasteiger partial charge in [0.25, 0.3) is 5.84 Å². The summed E-state index contributed by atoms with van der Waals surface area (Å²) in [6.45, 7) is 0. The van der Waals surface area contributed by atoms with Gasteiger partial charge in [-0.05, 0) is 42.5 Å². The second-order valence-corrected chi connectivity index (χ2v) is 5.06.